The van der Waals surface area contributed by atoms with E-state index in [1.807, 2.05) is 12.3 Å². The number of halogens is 2. The van der Waals surface area contributed by atoms with Crippen LogP contribution in [0.4, 0.5) is 0 Å². The van der Waals surface area contributed by atoms with Gasteiger partial charge in [0, 0.05) is 74.2 Å². The lowest BCUT2D eigenvalue weighted by Crippen LogP contribution is -2.56. The van der Waals surface area contributed by atoms with E-state index in [-0.39, 0.29) is 6.04 Å². The summed E-state index contributed by atoms with van der Waals surface area (Å²) >= 11 is 10.0. The van der Waals surface area contributed by atoms with Gasteiger partial charge in [0.1, 0.15) is 0 Å². The lowest BCUT2D eigenvalue weighted by atomic mass is 9.93. The van der Waals surface area contributed by atoms with E-state index in [9.17, 15) is 0 Å². The lowest BCUT2D eigenvalue weighted by Gasteiger charge is -2.44. The summed E-state index contributed by atoms with van der Waals surface area (Å²) in [4.78, 5) is 10.3. The number of pyridine rings is 1. The van der Waals surface area contributed by atoms with Crippen LogP contribution in [-0.4, -0.2) is 73.3 Å². The minimum Gasteiger partial charge on any atom is -0.385 e. The van der Waals surface area contributed by atoms with Crippen molar-refractivity contribution in [2.45, 2.75) is 50.2 Å². The second-order valence-electron chi connectivity index (χ2n) is 9.64. The molecule has 1 aliphatic carbocycles. The minimum absolute atomic E-state index is 0.210. The number of fused-ring (bicyclic) bond motifs is 2. The number of piperazine rings is 1. The van der Waals surface area contributed by atoms with Crippen molar-refractivity contribution in [3.63, 3.8) is 0 Å². The van der Waals surface area contributed by atoms with Crippen molar-refractivity contribution < 1.29 is 4.74 Å². The topological polar surface area (TPSA) is 40.6 Å². The van der Waals surface area contributed by atoms with Gasteiger partial charge in [-0.2, -0.15) is 0 Å². The maximum absolute atomic E-state index is 6.39. The number of hydrogen-bond acceptors (Lipinski definition) is 5. The van der Waals surface area contributed by atoms with Crippen LogP contribution in [0.1, 0.15) is 47.7 Å². The molecule has 3 heterocycles. The van der Waals surface area contributed by atoms with E-state index >= 15 is 0 Å². The SMILES string of the molecule is COCCC1CN(C2CCN(C3c4ccc(Cl)cc4CCc4cc(Br)cnc43)CC2)CCN1. The van der Waals surface area contributed by atoms with Crippen molar-refractivity contribution in [2.24, 2.45) is 0 Å². The number of likely N-dealkylation sites (tertiary alicyclic amines) is 1. The Labute approximate surface area is 211 Å². The summed E-state index contributed by atoms with van der Waals surface area (Å²) in [5.74, 6) is 0. The fraction of sp³-hybridized carbons (Fsp3) is 0.577. The Kier molecular flexibility index (Phi) is 7.70. The first-order chi connectivity index (χ1) is 16.1. The number of benzene rings is 1. The fourth-order valence-electron chi connectivity index (χ4n) is 5.93. The van der Waals surface area contributed by atoms with Gasteiger partial charge in [0.15, 0.2) is 0 Å². The van der Waals surface area contributed by atoms with Crippen molar-refractivity contribution >= 4 is 27.5 Å². The average Bonchev–Trinajstić information content (AvgIpc) is 2.99. The summed E-state index contributed by atoms with van der Waals surface area (Å²) in [5, 5.41) is 4.49. The molecule has 2 aromatic rings. The lowest BCUT2D eigenvalue weighted by molar-refractivity contribution is 0.0652. The number of hydrogen-bond donors (Lipinski definition) is 1. The molecule has 33 heavy (non-hydrogen) atoms. The second-order valence-corrected chi connectivity index (χ2v) is 11.0. The number of nitrogens with zero attached hydrogens (tertiary/aromatic N) is 3. The quantitative estimate of drug-likeness (QED) is 0.615. The van der Waals surface area contributed by atoms with Gasteiger partial charge in [0.25, 0.3) is 0 Å². The molecule has 2 fully saturated rings. The van der Waals surface area contributed by atoms with E-state index < -0.39 is 0 Å². The Hall–Kier alpha value is -1.02. The predicted molar refractivity (Wildman–Crippen MR) is 137 cm³/mol. The third-order valence-corrected chi connectivity index (χ3v) is 8.30. The molecule has 0 bridgehead atoms. The highest BCUT2D eigenvalue weighted by Gasteiger charge is 2.35. The molecule has 178 valence electrons. The van der Waals surface area contributed by atoms with Crippen molar-refractivity contribution in [2.75, 3.05) is 46.4 Å². The van der Waals surface area contributed by atoms with Crippen molar-refractivity contribution in [1.82, 2.24) is 20.1 Å². The molecule has 2 atom stereocenters. The summed E-state index contributed by atoms with van der Waals surface area (Å²) in [7, 11) is 1.79. The van der Waals surface area contributed by atoms with Crippen LogP contribution in [0.25, 0.3) is 0 Å². The Morgan fingerprint density at radius 2 is 1.94 bits per heavy atom. The predicted octanol–water partition coefficient (Wildman–Crippen LogP) is 4.46. The zero-order chi connectivity index (χ0) is 22.8. The molecule has 1 aromatic carbocycles. The van der Waals surface area contributed by atoms with Gasteiger partial charge in [-0.15, -0.1) is 0 Å². The van der Waals surface area contributed by atoms with Gasteiger partial charge in [-0.3, -0.25) is 14.8 Å². The molecule has 5 rings (SSSR count). The van der Waals surface area contributed by atoms with Crippen molar-refractivity contribution in [3.05, 3.63) is 62.3 Å². The smallest absolute Gasteiger partial charge is 0.0781 e. The molecule has 2 aliphatic heterocycles. The first-order valence-corrected chi connectivity index (χ1v) is 13.4. The molecule has 1 aromatic heterocycles. The zero-order valence-corrected chi connectivity index (χ0v) is 21.7. The van der Waals surface area contributed by atoms with E-state index in [0.29, 0.717) is 12.1 Å². The van der Waals surface area contributed by atoms with Gasteiger partial charge >= 0.3 is 0 Å². The number of nitrogens with one attached hydrogen (secondary N) is 1. The Morgan fingerprint density at radius 1 is 1.12 bits per heavy atom. The highest BCUT2D eigenvalue weighted by molar-refractivity contribution is 9.10. The van der Waals surface area contributed by atoms with E-state index in [4.69, 9.17) is 21.3 Å². The highest BCUT2D eigenvalue weighted by atomic mass is 79.9. The largest absolute Gasteiger partial charge is 0.385 e. The second kappa shape index (κ2) is 10.7. The van der Waals surface area contributed by atoms with Gasteiger partial charge in [-0.05, 0) is 82.9 Å². The summed E-state index contributed by atoms with van der Waals surface area (Å²) in [6, 6.07) is 10.1. The highest BCUT2D eigenvalue weighted by Crippen LogP contribution is 2.39. The number of piperidine rings is 1. The zero-order valence-electron chi connectivity index (χ0n) is 19.4. The van der Waals surface area contributed by atoms with E-state index in [1.54, 1.807) is 7.11 Å². The third kappa shape index (κ3) is 5.31. The number of aromatic nitrogens is 1. The van der Waals surface area contributed by atoms with Crippen LogP contribution in [0.3, 0.4) is 0 Å². The molecular formula is C26H34BrClN4O. The number of rotatable bonds is 5. The molecule has 5 nitrogen and oxygen atoms in total. The molecule has 2 unspecified atom stereocenters. The van der Waals surface area contributed by atoms with Gasteiger partial charge in [-0.25, -0.2) is 0 Å². The van der Waals surface area contributed by atoms with E-state index in [0.717, 1.165) is 68.1 Å². The van der Waals surface area contributed by atoms with Gasteiger partial charge < -0.3 is 10.1 Å². The van der Waals surface area contributed by atoms with Gasteiger partial charge in [0.2, 0.25) is 0 Å². The summed E-state index contributed by atoms with van der Waals surface area (Å²) in [5.41, 5.74) is 5.33. The maximum Gasteiger partial charge on any atom is 0.0781 e. The summed E-state index contributed by atoms with van der Waals surface area (Å²) in [6.45, 7) is 6.39. The summed E-state index contributed by atoms with van der Waals surface area (Å²) < 4.78 is 6.37. The molecule has 1 N–H and O–H groups in total. The van der Waals surface area contributed by atoms with Crippen LogP contribution in [-0.2, 0) is 17.6 Å². The monoisotopic (exact) mass is 532 g/mol. The molecule has 0 spiro atoms. The molecule has 7 heteroatoms. The van der Waals surface area contributed by atoms with Crippen molar-refractivity contribution in [3.8, 4) is 0 Å². The van der Waals surface area contributed by atoms with Crippen LogP contribution >= 0.6 is 27.5 Å². The fourth-order valence-corrected chi connectivity index (χ4v) is 6.50. The van der Waals surface area contributed by atoms with Gasteiger partial charge in [0.05, 0.1) is 11.7 Å². The van der Waals surface area contributed by atoms with E-state index in [2.05, 4.69) is 49.2 Å². The van der Waals surface area contributed by atoms with Crippen LogP contribution in [0.5, 0.6) is 0 Å². The first kappa shape index (κ1) is 23.7. The standard InChI is InChI=1S/C26H34BrClN4O/c1-33-13-8-22-17-32(12-9-29-22)23-6-10-31(11-7-23)26-24-5-4-21(28)15-18(24)2-3-19-14-20(27)16-30-25(19)26/h4-5,14-16,22-23,26,29H,2-3,6-13,17H2,1H3. The molecule has 0 radical (unpaired) electrons. The molecule has 3 aliphatic rings. The number of ether oxygens (including phenoxy) is 1. The average molecular weight is 534 g/mol. The Bertz CT molecular complexity index is 912. The van der Waals surface area contributed by atoms with Crippen LogP contribution < -0.4 is 5.32 Å². The van der Waals surface area contributed by atoms with Crippen LogP contribution in [0.15, 0.2) is 34.9 Å². The molecular weight excluding hydrogens is 500 g/mol. The molecule has 0 amide bonds. The number of methoxy groups -OCH3 is 1. The Balaban J connectivity index is 1.34. The summed E-state index contributed by atoms with van der Waals surface area (Å²) in [6.07, 6.45) is 7.49. The first-order valence-electron chi connectivity index (χ1n) is 12.3. The van der Waals surface area contributed by atoms with Crippen LogP contribution in [0, 0.1) is 0 Å². The minimum atomic E-state index is 0.210. The molecule has 0 saturated carbocycles. The van der Waals surface area contributed by atoms with Gasteiger partial charge in [-0.1, -0.05) is 17.7 Å². The molecule has 2 saturated heterocycles. The van der Waals surface area contributed by atoms with Crippen molar-refractivity contribution in [1.29, 1.82) is 0 Å². The van der Waals surface area contributed by atoms with E-state index in [1.165, 1.54) is 35.2 Å². The van der Waals surface area contributed by atoms with Crippen LogP contribution in [0.2, 0.25) is 5.02 Å². The maximum atomic E-state index is 6.39. The Morgan fingerprint density at radius 3 is 2.76 bits per heavy atom. The number of aryl methyl sites for hydroxylation is 2. The third-order valence-electron chi connectivity index (χ3n) is 7.63. The normalized spacial score (nSPS) is 24.8.